The molecule has 0 N–H and O–H groups in total. The molecule has 21 heavy (non-hydrogen) atoms. The first-order chi connectivity index (χ1) is 9.60. The maximum Gasteiger partial charge on any atom is 0.417 e. The number of pyridine rings is 1. The topological polar surface area (TPSA) is 16.1 Å². The number of halogens is 4. The second-order valence-corrected chi connectivity index (χ2v) is 7.01. The molecule has 1 saturated heterocycles. The van der Waals surface area contributed by atoms with E-state index < -0.39 is 11.7 Å². The Balaban J connectivity index is 2.36. The van der Waals surface area contributed by atoms with Gasteiger partial charge in [0.15, 0.2) is 0 Å². The molecule has 2 nitrogen and oxygen atoms in total. The van der Waals surface area contributed by atoms with Crippen LogP contribution in [0.2, 0.25) is 5.02 Å². The third kappa shape index (κ3) is 3.62. The molecule has 0 bridgehead atoms. The van der Waals surface area contributed by atoms with E-state index >= 15 is 0 Å². The summed E-state index contributed by atoms with van der Waals surface area (Å²) in [7, 11) is 0. The first kappa shape index (κ1) is 16.4. The first-order valence-corrected chi connectivity index (χ1v) is 7.48. The number of nitrogens with zero attached hydrogens (tertiary/aromatic N) is 2. The van der Waals surface area contributed by atoms with E-state index in [2.05, 4.69) is 30.7 Å². The summed E-state index contributed by atoms with van der Waals surface area (Å²) in [6.07, 6.45) is -0.416. The molecule has 118 valence electrons. The van der Waals surface area contributed by atoms with Gasteiger partial charge in [-0.3, -0.25) is 0 Å². The molecule has 1 aliphatic rings. The van der Waals surface area contributed by atoms with Gasteiger partial charge < -0.3 is 4.90 Å². The molecule has 0 spiro atoms. The molecule has 1 fully saturated rings. The summed E-state index contributed by atoms with van der Waals surface area (Å²) in [6.45, 7) is 7.18. The summed E-state index contributed by atoms with van der Waals surface area (Å²) in [5.74, 6) is 0.462. The van der Waals surface area contributed by atoms with Crippen molar-refractivity contribution in [2.75, 3.05) is 11.4 Å². The molecular formula is C15H20ClF3N2. The molecule has 0 aromatic carbocycles. The van der Waals surface area contributed by atoms with Crippen LogP contribution in [0, 0.1) is 5.41 Å². The van der Waals surface area contributed by atoms with Crippen molar-refractivity contribution in [3.8, 4) is 0 Å². The Morgan fingerprint density at radius 3 is 2.43 bits per heavy atom. The quantitative estimate of drug-likeness (QED) is 0.710. The van der Waals surface area contributed by atoms with Crippen LogP contribution in [-0.4, -0.2) is 17.6 Å². The summed E-state index contributed by atoms with van der Waals surface area (Å²) in [5, 5.41) is 0.0703. The number of hydrogen-bond acceptors (Lipinski definition) is 2. The minimum atomic E-state index is -4.42. The summed E-state index contributed by atoms with van der Waals surface area (Å²) in [6, 6.07) is 1.20. The SMILES string of the molecule is CC(C)(C)C1CCCCN1c1ncc(C(F)(F)F)cc1Cl. The Hall–Kier alpha value is -0.970. The Morgan fingerprint density at radius 2 is 1.90 bits per heavy atom. The molecule has 2 rings (SSSR count). The molecule has 1 aliphatic heterocycles. The van der Waals surface area contributed by atoms with Crippen LogP contribution in [0.4, 0.5) is 19.0 Å². The molecule has 0 aliphatic carbocycles. The highest BCUT2D eigenvalue weighted by molar-refractivity contribution is 6.33. The zero-order valence-electron chi connectivity index (χ0n) is 12.5. The average Bonchev–Trinajstić information content (AvgIpc) is 2.36. The maximum absolute atomic E-state index is 12.7. The lowest BCUT2D eigenvalue weighted by Crippen LogP contribution is -2.47. The van der Waals surface area contributed by atoms with E-state index in [9.17, 15) is 13.2 Å². The fourth-order valence-electron chi connectivity index (χ4n) is 2.88. The maximum atomic E-state index is 12.7. The van der Waals surface area contributed by atoms with E-state index in [0.29, 0.717) is 5.82 Å². The van der Waals surface area contributed by atoms with Crippen LogP contribution in [0.25, 0.3) is 0 Å². The van der Waals surface area contributed by atoms with Crippen molar-refractivity contribution in [3.63, 3.8) is 0 Å². The molecule has 0 amide bonds. The fourth-order valence-corrected chi connectivity index (χ4v) is 3.16. The van der Waals surface area contributed by atoms with Gasteiger partial charge in [-0.15, -0.1) is 0 Å². The van der Waals surface area contributed by atoms with E-state index in [4.69, 9.17) is 11.6 Å². The monoisotopic (exact) mass is 320 g/mol. The van der Waals surface area contributed by atoms with Gasteiger partial charge in [-0.25, -0.2) is 4.98 Å². The Morgan fingerprint density at radius 1 is 1.24 bits per heavy atom. The molecule has 0 saturated carbocycles. The van der Waals surface area contributed by atoms with Crippen molar-refractivity contribution < 1.29 is 13.2 Å². The Kier molecular flexibility index (Phi) is 4.43. The van der Waals surface area contributed by atoms with Crippen molar-refractivity contribution in [2.45, 2.75) is 52.3 Å². The fraction of sp³-hybridized carbons (Fsp3) is 0.667. The number of aromatic nitrogens is 1. The molecule has 6 heteroatoms. The number of hydrogen-bond donors (Lipinski definition) is 0. The first-order valence-electron chi connectivity index (χ1n) is 7.10. The zero-order chi connectivity index (χ0) is 15.8. The lowest BCUT2D eigenvalue weighted by Gasteiger charge is -2.44. The standard InChI is InChI=1S/C15H20ClF3N2/c1-14(2,3)12-6-4-5-7-21(12)13-11(16)8-10(9-20-13)15(17,18)19/h8-9,12H,4-7H2,1-3H3. The largest absolute Gasteiger partial charge is 0.417 e. The molecule has 0 radical (unpaired) electrons. The van der Waals surface area contributed by atoms with Crippen molar-refractivity contribution in [3.05, 3.63) is 22.8 Å². The summed E-state index contributed by atoms with van der Waals surface area (Å²) < 4.78 is 38.1. The van der Waals surface area contributed by atoms with Crippen LogP contribution in [-0.2, 0) is 6.18 Å². The van der Waals surface area contributed by atoms with Crippen LogP contribution in [0.15, 0.2) is 12.3 Å². The van der Waals surface area contributed by atoms with Gasteiger partial charge in [-0.2, -0.15) is 13.2 Å². The normalized spacial score (nSPS) is 20.7. The van der Waals surface area contributed by atoms with Crippen LogP contribution < -0.4 is 4.90 Å². The van der Waals surface area contributed by atoms with Crippen molar-refractivity contribution >= 4 is 17.4 Å². The van der Waals surface area contributed by atoms with Gasteiger partial charge in [0.2, 0.25) is 0 Å². The minimum absolute atomic E-state index is 0.0220. The zero-order valence-corrected chi connectivity index (χ0v) is 13.2. The number of piperidine rings is 1. The van der Waals surface area contributed by atoms with Gasteiger partial charge in [0.25, 0.3) is 0 Å². The number of rotatable bonds is 1. The number of anilines is 1. The molecule has 1 unspecified atom stereocenters. The summed E-state index contributed by atoms with van der Waals surface area (Å²) in [5.41, 5.74) is -0.783. The second-order valence-electron chi connectivity index (χ2n) is 6.60. The van der Waals surface area contributed by atoms with Crippen molar-refractivity contribution in [1.82, 2.24) is 4.98 Å². The molecular weight excluding hydrogens is 301 g/mol. The summed E-state index contributed by atoms with van der Waals surface area (Å²) >= 11 is 6.08. The van der Waals surface area contributed by atoms with Gasteiger partial charge in [-0.05, 0) is 30.7 Å². The van der Waals surface area contributed by atoms with Crippen molar-refractivity contribution in [1.29, 1.82) is 0 Å². The molecule has 1 aromatic heterocycles. The van der Waals surface area contributed by atoms with Gasteiger partial charge in [0, 0.05) is 18.8 Å². The third-order valence-electron chi connectivity index (χ3n) is 3.92. The molecule has 1 aromatic rings. The minimum Gasteiger partial charge on any atom is -0.352 e. The highest BCUT2D eigenvalue weighted by Gasteiger charge is 2.36. The predicted molar refractivity (Wildman–Crippen MR) is 78.7 cm³/mol. The third-order valence-corrected chi connectivity index (χ3v) is 4.20. The molecule has 2 heterocycles. The van der Waals surface area contributed by atoms with Gasteiger partial charge in [0.1, 0.15) is 5.82 Å². The highest BCUT2D eigenvalue weighted by Crippen LogP contribution is 2.39. The second kappa shape index (κ2) is 5.67. The van der Waals surface area contributed by atoms with Gasteiger partial charge in [0.05, 0.1) is 10.6 Å². The van der Waals surface area contributed by atoms with Gasteiger partial charge in [-0.1, -0.05) is 32.4 Å². The van der Waals surface area contributed by atoms with Crippen LogP contribution >= 0.6 is 11.6 Å². The van der Waals surface area contributed by atoms with E-state index in [1.807, 2.05) is 0 Å². The van der Waals surface area contributed by atoms with E-state index in [1.165, 1.54) is 0 Å². The Bertz CT molecular complexity index is 509. The van der Waals surface area contributed by atoms with Gasteiger partial charge >= 0.3 is 6.18 Å². The van der Waals surface area contributed by atoms with Crippen LogP contribution in [0.5, 0.6) is 0 Å². The molecule has 1 atom stereocenters. The lowest BCUT2D eigenvalue weighted by molar-refractivity contribution is -0.137. The Labute approximate surface area is 128 Å². The van der Waals surface area contributed by atoms with Crippen molar-refractivity contribution in [2.24, 2.45) is 5.41 Å². The number of alkyl halides is 3. The smallest absolute Gasteiger partial charge is 0.352 e. The predicted octanol–water partition coefficient (Wildman–Crippen LogP) is 5.16. The van der Waals surface area contributed by atoms with E-state index in [-0.39, 0.29) is 16.5 Å². The lowest BCUT2D eigenvalue weighted by atomic mass is 9.80. The van der Waals surface area contributed by atoms with Crippen LogP contribution in [0.3, 0.4) is 0 Å². The van der Waals surface area contributed by atoms with E-state index in [1.54, 1.807) is 0 Å². The summed E-state index contributed by atoms with van der Waals surface area (Å²) in [4.78, 5) is 6.07. The highest BCUT2D eigenvalue weighted by atomic mass is 35.5. The van der Waals surface area contributed by atoms with Crippen LogP contribution in [0.1, 0.15) is 45.6 Å². The van der Waals surface area contributed by atoms with E-state index in [0.717, 1.165) is 38.1 Å². The average molecular weight is 321 g/mol.